The van der Waals surface area contributed by atoms with Gasteiger partial charge in [0.05, 0.1) is 13.2 Å². The van der Waals surface area contributed by atoms with Crippen molar-refractivity contribution < 1.29 is 14.6 Å². The Morgan fingerprint density at radius 1 is 1.33 bits per heavy atom. The minimum atomic E-state index is -0.692. The zero-order chi connectivity index (χ0) is 16.8. The molecule has 7 heteroatoms. The highest BCUT2D eigenvalue weighted by Gasteiger charge is 2.27. The number of aliphatic hydroxyl groups excluding tert-OH is 1. The third-order valence-corrected chi connectivity index (χ3v) is 3.53. The van der Waals surface area contributed by atoms with Crippen LogP contribution in [-0.4, -0.2) is 40.7 Å². The molecular weight excluding hydrogens is 310 g/mol. The monoisotopic (exact) mass is 329 g/mol. The Morgan fingerprint density at radius 3 is 2.88 bits per heavy atom. The first-order chi connectivity index (χ1) is 11.8. The molecule has 0 amide bonds. The number of nitrogens with one attached hydrogen (secondary N) is 1. The van der Waals surface area contributed by atoms with E-state index in [9.17, 15) is 4.79 Å². The predicted octanol–water partition coefficient (Wildman–Crippen LogP) is 1.23. The lowest BCUT2D eigenvalue weighted by Gasteiger charge is -2.12. The van der Waals surface area contributed by atoms with Gasteiger partial charge in [0.1, 0.15) is 5.82 Å². The zero-order valence-corrected chi connectivity index (χ0v) is 13.0. The summed E-state index contributed by atoms with van der Waals surface area (Å²) < 4.78 is 11.9. The Morgan fingerprint density at radius 2 is 2.17 bits per heavy atom. The lowest BCUT2D eigenvalue weighted by atomic mass is 10.2. The molecule has 2 N–H and O–H groups in total. The Labute approximate surface area is 139 Å². The second-order valence-electron chi connectivity index (χ2n) is 5.23. The molecule has 0 spiro atoms. The molecule has 126 valence electrons. The van der Waals surface area contributed by atoms with Crippen LogP contribution >= 0.6 is 0 Å². The van der Waals surface area contributed by atoms with E-state index in [4.69, 9.17) is 14.6 Å². The minimum Gasteiger partial charge on any atom is -0.391 e. The summed E-state index contributed by atoms with van der Waals surface area (Å²) >= 11 is 0. The number of nitrogens with zero attached hydrogens (tertiary/aromatic N) is 2. The Hall–Kier alpha value is -2.48. The number of ether oxygens (including phenoxy) is 2. The van der Waals surface area contributed by atoms with Crippen molar-refractivity contribution in [2.24, 2.45) is 0 Å². The van der Waals surface area contributed by atoms with Gasteiger partial charge in [0.15, 0.2) is 12.5 Å². The first-order valence-corrected chi connectivity index (χ1v) is 7.69. The maximum atomic E-state index is 12.1. The lowest BCUT2D eigenvalue weighted by molar-refractivity contribution is -0.0992. The molecule has 0 bridgehead atoms. The van der Waals surface area contributed by atoms with E-state index in [0.717, 1.165) is 5.56 Å². The molecule has 2 heterocycles. The molecule has 0 saturated carbocycles. The van der Waals surface area contributed by atoms with E-state index in [1.165, 1.54) is 4.57 Å². The summed E-state index contributed by atoms with van der Waals surface area (Å²) in [6, 6.07) is 11.6. The van der Waals surface area contributed by atoms with Crippen LogP contribution in [0.3, 0.4) is 0 Å². The average Bonchev–Trinajstić information content (AvgIpc) is 3.09. The highest BCUT2D eigenvalue weighted by Crippen LogP contribution is 2.19. The summed E-state index contributed by atoms with van der Waals surface area (Å²) in [7, 11) is 0. The predicted molar refractivity (Wildman–Crippen MR) is 89.4 cm³/mol. The van der Waals surface area contributed by atoms with Crippen LogP contribution in [0.1, 0.15) is 11.8 Å². The smallest absolute Gasteiger partial charge is 0.351 e. The first kappa shape index (κ1) is 16.4. The van der Waals surface area contributed by atoms with Crippen molar-refractivity contribution in [1.29, 1.82) is 0 Å². The van der Waals surface area contributed by atoms with Gasteiger partial charge in [-0.05, 0) is 11.6 Å². The summed E-state index contributed by atoms with van der Waals surface area (Å²) in [5, 5.41) is 12.0. The highest BCUT2D eigenvalue weighted by molar-refractivity contribution is 5.49. The molecule has 1 aliphatic rings. The summed E-state index contributed by atoms with van der Waals surface area (Å²) in [5.74, 6) is 0.492. The molecule has 24 heavy (non-hydrogen) atoms. The van der Waals surface area contributed by atoms with E-state index in [1.54, 1.807) is 12.3 Å². The maximum absolute atomic E-state index is 12.1. The van der Waals surface area contributed by atoms with Gasteiger partial charge in [-0.2, -0.15) is 4.98 Å². The molecule has 1 fully saturated rings. The highest BCUT2D eigenvalue weighted by atomic mass is 16.7. The fraction of sp³-hybridized carbons (Fsp3) is 0.294. The molecule has 0 radical (unpaired) electrons. The molecular formula is C17H19N3O4. The van der Waals surface area contributed by atoms with Crippen molar-refractivity contribution in [3.8, 4) is 0 Å². The molecule has 0 aliphatic carbocycles. The normalized spacial score (nSPS) is 20.5. The summed E-state index contributed by atoms with van der Waals surface area (Å²) in [4.78, 5) is 16.0. The quantitative estimate of drug-likeness (QED) is 0.829. The van der Waals surface area contributed by atoms with Gasteiger partial charge >= 0.3 is 5.69 Å². The molecule has 7 nitrogen and oxygen atoms in total. The molecule has 0 unspecified atom stereocenters. The topological polar surface area (TPSA) is 85.6 Å². The molecule has 1 saturated heterocycles. The van der Waals surface area contributed by atoms with Crippen molar-refractivity contribution in [2.75, 3.05) is 25.1 Å². The van der Waals surface area contributed by atoms with Crippen LogP contribution in [0.2, 0.25) is 0 Å². The molecule has 1 aromatic carbocycles. The number of anilines is 1. The van der Waals surface area contributed by atoms with Crippen LogP contribution in [0.5, 0.6) is 0 Å². The molecule has 2 aromatic rings. The minimum absolute atomic E-state index is 0.208. The van der Waals surface area contributed by atoms with Crippen LogP contribution in [0.4, 0.5) is 5.82 Å². The average molecular weight is 329 g/mol. The maximum Gasteiger partial charge on any atom is 0.351 e. The van der Waals surface area contributed by atoms with Crippen LogP contribution in [-0.2, 0) is 9.47 Å². The van der Waals surface area contributed by atoms with Gasteiger partial charge in [0, 0.05) is 12.7 Å². The van der Waals surface area contributed by atoms with Crippen molar-refractivity contribution in [3.05, 3.63) is 64.7 Å². The Bertz CT molecular complexity index is 745. The van der Waals surface area contributed by atoms with E-state index in [2.05, 4.69) is 10.3 Å². The second-order valence-corrected chi connectivity index (χ2v) is 5.23. The Balaban J connectivity index is 1.57. The van der Waals surface area contributed by atoms with Crippen molar-refractivity contribution >= 4 is 11.9 Å². The molecule has 2 atom stereocenters. The van der Waals surface area contributed by atoms with Crippen LogP contribution < -0.4 is 11.0 Å². The largest absolute Gasteiger partial charge is 0.391 e. The molecule has 1 aliphatic heterocycles. The zero-order valence-electron chi connectivity index (χ0n) is 13.0. The number of aliphatic hydroxyl groups is 1. The number of rotatable bonds is 6. The van der Waals surface area contributed by atoms with Crippen LogP contribution in [0.25, 0.3) is 6.08 Å². The van der Waals surface area contributed by atoms with E-state index in [0.29, 0.717) is 12.4 Å². The van der Waals surface area contributed by atoms with Gasteiger partial charge < -0.3 is 19.9 Å². The van der Waals surface area contributed by atoms with Crippen molar-refractivity contribution in [1.82, 2.24) is 9.55 Å². The lowest BCUT2D eigenvalue weighted by Crippen LogP contribution is -2.28. The van der Waals surface area contributed by atoms with E-state index in [-0.39, 0.29) is 13.2 Å². The second kappa shape index (κ2) is 7.87. The Kier molecular flexibility index (Phi) is 5.37. The third-order valence-electron chi connectivity index (χ3n) is 3.53. The van der Waals surface area contributed by atoms with Gasteiger partial charge in [0.2, 0.25) is 0 Å². The standard InChI is InChI=1S/C17H19N3O4/c21-11-16-23-12-15(24-16)20-10-8-14(19-17(20)22)18-9-4-7-13-5-2-1-3-6-13/h1-8,10,15-16,21H,9,11-12H2,(H,18,19,22)/t15-,16-/m0/s1. The summed E-state index contributed by atoms with van der Waals surface area (Å²) in [6.45, 7) is 0.520. The van der Waals surface area contributed by atoms with Crippen LogP contribution in [0.15, 0.2) is 53.5 Å². The van der Waals surface area contributed by atoms with Gasteiger partial charge in [-0.15, -0.1) is 0 Å². The molecule has 1 aromatic heterocycles. The number of aromatic nitrogens is 2. The summed E-state index contributed by atoms with van der Waals surface area (Å²) in [5.41, 5.74) is 0.679. The van der Waals surface area contributed by atoms with Gasteiger partial charge in [-0.3, -0.25) is 4.57 Å². The van der Waals surface area contributed by atoms with Crippen molar-refractivity contribution in [2.45, 2.75) is 12.5 Å². The molecule has 3 rings (SSSR count). The summed E-state index contributed by atoms with van der Waals surface area (Å²) in [6.07, 6.45) is 4.30. The van der Waals surface area contributed by atoms with Crippen molar-refractivity contribution in [3.63, 3.8) is 0 Å². The first-order valence-electron chi connectivity index (χ1n) is 7.69. The SMILES string of the molecule is O=c1nc(NCC=Cc2ccccc2)ccn1[C@@H]1CO[C@H](CO)O1. The van der Waals surface area contributed by atoms with Crippen LogP contribution in [0, 0.1) is 0 Å². The fourth-order valence-corrected chi connectivity index (χ4v) is 2.34. The van der Waals surface area contributed by atoms with Gasteiger partial charge in [-0.25, -0.2) is 4.79 Å². The van der Waals surface area contributed by atoms with E-state index in [1.807, 2.05) is 42.5 Å². The number of hydrogen-bond donors (Lipinski definition) is 2. The van der Waals surface area contributed by atoms with Gasteiger partial charge in [-0.1, -0.05) is 42.5 Å². The number of hydrogen-bond acceptors (Lipinski definition) is 6. The van der Waals surface area contributed by atoms with Gasteiger partial charge in [0.25, 0.3) is 0 Å². The van der Waals surface area contributed by atoms with E-state index < -0.39 is 18.2 Å². The van der Waals surface area contributed by atoms with E-state index >= 15 is 0 Å². The number of benzene rings is 1. The fourth-order valence-electron chi connectivity index (χ4n) is 2.34. The third kappa shape index (κ3) is 4.08.